The Morgan fingerprint density at radius 3 is 1.16 bits per heavy atom. The van der Waals surface area contributed by atoms with Crippen molar-refractivity contribution in [3.8, 4) is 23.7 Å². The van der Waals surface area contributed by atoms with E-state index < -0.39 is 11.8 Å². The van der Waals surface area contributed by atoms with Gasteiger partial charge in [0.15, 0.2) is 0 Å². The van der Waals surface area contributed by atoms with Crippen LogP contribution in [0.15, 0.2) is 48.5 Å². The van der Waals surface area contributed by atoms with Crippen LogP contribution < -0.4 is 0 Å². The Morgan fingerprint density at radius 1 is 0.614 bits per heavy atom. The Balaban J connectivity index is -0.000000528. The van der Waals surface area contributed by atoms with E-state index in [2.05, 4.69) is 67.2 Å². The molecule has 0 saturated carbocycles. The number of benzene rings is 2. The van der Waals surface area contributed by atoms with Crippen molar-refractivity contribution in [3.63, 3.8) is 0 Å². The van der Waals surface area contributed by atoms with Gasteiger partial charge in [0, 0.05) is 56.7 Å². The average Bonchev–Trinajstić information content (AvgIpc) is 2.91. The van der Waals surface area contributed by atoms with Crippen LogP contribution in [0.25, 0.3) is 0 Å². The van der Waals surface area contributed by atoms with Gasteiger partial charge in [-0.1, -0.05) is 130 Å². The fraction of sp³-hybridized carbons (Fsp3) is 0.564. The van der Waals surface area contributed by atoms with Gasteiger partial charge in [-0.15, -0.1) is 0 Å². The molecule has 0 saturated heterocycles. The number of hydrogen-bond donors (Lipinski definition) is 0. The third kappa shape index (κ3) is 22.8. The zero-order chi connectivity index (χ0) is 32.5. The first kappa shape index (κ1) is 46.8. The first-order valence-corrected chi connectivity index (χ1v) is 15.4. The Hall–Kier alpha value is -1.62. The van der Waals surface area contributed by atoms with Gasteiger partial charge in [-0.05, 0) is 71.6 Å². The van der Waals surface area contributed by atoms with Crippen molar-refractivity contribution in [2.24, 2.45) is 10.8 Å². The van der Waals surface area contributed by atoms with Gasteiger partial charge in [0.25, 0.3) is 0 Å². The molecule has 1 radical (unpaired) electrons. The zero-order valence-corrected chi connectivity index (χ0v) is 32.2. The molecule has 2 aromatic carbocycles. The molecule has 2 aliphatic carbocycles. The quantitative estimate of drug-likeness (QED) is 0.147. The molecule has 0 nitrogen and oxygen atoms in total. The molecule has 2 aromatic rings. The van der Waals surface area contributed by atoms with Gasteiger partial charge >= 0.3 is 11.8 Å². The number of rotatable bonds is 0. The van der Waals surface area contributed by atoms with Crippen molar-refractivity contribution in [2.75, 3.05) is 0 Å². The minimum absolute atomic E-state index is 0. The summed E-state index contributed by atoms with van der Waals surface area (Å²) >= 11 is 0. The Labute approximate surface area is 293 Å². The molecule has 0 aliphatic heterocycles. The predicted octanol–water partition coefficient (Wildman–Crippen LogP) is 12.4. The van der Waals surface area contributed by atoms with E-state index in [9.17, 15) is 17.6 Å². The molecule has 0 unspecified atom stereocenters. The zero-order valence-electron chi connectivity index (χ0n) is 29.4. The predicted molar refractivity (Wildman–Crippen MR) is 180 cm³/mol. The van der Waals surface area contributed by atoms with Crippen molar-refractivity contribution in [1.82, 2.24) is 0 Å². The van der Waals surface area contributed by atoms with Crippen LogP contribution in [-0.4, -0.2) is 11.8 Å². The number of fused-ring (bicyclic) bond motifs is 2. The largest absolute Gasteiger partial charge is 0.358 e. The summed E-state index contributed by atoms with van der Waals surface area (Å²) in [5.74, 6) is 3.55. The van der Waals surface area contributed by atoms with E-state index >= 15 is 0 Å². The van der Waals surface area contributed by atoms with Gasteiger partial charge in [-0.3, -0.25) is 0 Å². The van der Waals surface area contributed by atoms with E-state index in [-0.39, 0.29) is 53.0 Å². The second-order valence-corrected chi connectivity index (χ2v) is 12.8. The van der Waals surface area contributed by atoms with E-state index in [1.54, 1.807) is 12.1 Å². The van der Waals surface area contributed by atoms with E-state index in [4.69, 9.17) is 0 Å². The van der Waals surface area contributed by atoms with Crippen LogP contribution in [0, 0.1) is 41.9 Å². The van der Waals surface area contributed by atoms with Crippen molar-refractivity contribution in [1.29, 1.82) is 0 Å². The average molecular weight is 691 g/mol. The summed E-state index contributed by atoms with van der Waals surface area (Å²) in [6.45, 7) is 21.9. The number of halogens is 4. The molecule has 2 aliphatic rings. The van der Waals surface area contributed by atoms with Gasteiger partial charge in [0.05, 0.1) is 0 Å². The van der Waals surface area contributed by atoms with E-state index in [0.717, 1.165) is 22.3 Å². The molecule has 0 spiro atoms. The van der Waals surface area contributed by atoms with E-state index in [1.807, 2.05) is 62.1 Å². The first-order valence-electron chi connectivity index (χ1n) is 15.4. The smallest absolute Gasteiger partial charge is 0.308 e. The second kappa shape index (κ2) is 22.8. The molecular formula is C39H57F4Y-. The van der Waals surface area contributed by atoms with E-state index in [0.29, 0.717) is 36.5 Å². The maximum Gasteiger partial charge on any atom is 0.308 e. The van der Waals surface area contributed by atoms with Gasteiger partial charge in [0.1, 0.15) is 0 Å². The van der Waals surface area contributed by atoms with Crippen LogP contribution in [0.1, 0.15) is 130 Å². The van der Waals surface area contributed by atoms with Gasteiger partial charge in [0.2, 0.25) is 0 Å². The minimum atomic E-state index is -2.81. The van der Waals surface area contributed by atoms with Crippen molar-refractivity contribution in [3.05, 3.63) is 78.2 Å². The van der Waals surface area contributed by atoms with Crippen LogP contribution in [0.3, 0.4) is 0 Å². The number of hydrogen-bond acceptors (Lipinski definition) is 0. The summed E-state index contributed by atoms with van der Waals surface area (Å²) in [6.07, 6.45) is 4.67. The van der Waals surface area contributed by atoms with Crippen LogP contribution in [-0.2, 0) is 45.6 Å². The van der Waals surface area contributed by atoms with Crippen LogP contribution in [0.2, 0.25) is 0 Å². The summed E-state index contributed by atoms with van der Waals surface area (Å²) in [5, 5.41) is 0. The summed E-state index contributed by atoms with van der Waals surface area (Å²) in [7, 11) is 0. The standard InChI is InChI=1S/2C12H10F2.2C6H14.C2H6.CH3.Y/c2*13-12(14)8-3-6-10-4-1-2-5-11(10)7-9-12;2*1-5-6(2,3)4;1-2;;/h2*1-2,4-5H,3,6,8H2;2*5H2,1-4H3;1-2H3;1H3;/q;;;;;-1;. The Kier molecular flexibility index (Phi) is 24.3. The first-order chi connectivity index (χ1) is 19.5. The molecule has 0 N–H and O–H groups in total. The fourth-order valence-corrected chi connectivity index (χ4v) is 3.16. The molecule has 0 fully saturated rings. The molecule has 44 heavy (non-hydrogen) atoms. The van der Waals surface area contributed by atoms with Crippen molar-refractivity contribution in [2.45, 2.75) is 132 Å². The second-order valence-electron chi connectivity index (χ2n) is 12.8. The van der Waals surface area contributed by atoms with Crippen LogP contribution in [0.4, 0.5) is 17.6 Å². The molecule has 4 rings (SSSR count). The molecular weight excluding hydrogens is 633 g/mol. The SMILES string of the molecule is CC.CCC(C)(C)C.CCC(C)(C)C.FC1(F)C#Cc2ccccc2CCC1.FC1(F)C#Cc2ccccc2CCC1.[CH3-].[Y]. The third-order valence-corrected chi connectivity index (χ3v) is 6.79. The molecule has 0 bridgehead atoms. The molecule has 0 atom stereocenters. The number of alkyl halides is 4. The Morgan fingerprint density at radius 2 is 0.886 bits per heavy atom. The summed E-state index contributed by atoms with van der Waals surface area (Å²) in [6, 6.07) is 15.0. The monoisotopic (exact) mass is 690 g/mol. The topological polar surface area (TPSA) is 0 Å². The fourth-order valence-electron chi connectivity index (χ4n) is 3.16. The molecule has 0 aromatic heterocycles. The molecule has 245 valence electrons. The molecule has 5 heteroatoms. The maximum atomic E-state index is 13.0. The summed E-state index contributed by atoms with van der Waals surface area (Å²) in [4.78, 5) is 0. The van der Waals surface area contributed by atoms with Gasteiger partial charge < -0.3 is 7.43 Å². The van der Waals surface area contributed by atoms with Crippen LogP contribution in [0.5, 0.6) is 0 Å². The Bertz CT molecular complexity index is 1070. The molecule has 0 amide bonds. The summed E-state index contributed by atoms with van der Waals surface area (Å²) in [5.41, 5.74) is 4.73. The third-order valence-electron chi connectivity index (χ3n) is 6.79. The minimum Gasteiger partial charge on any atom is -0.358 e. The van der Waals surface area contributed by atoms with Gasteiger partial charge in [-0.25, -0.2) is 0 Å². The van der Waals surface area contributed by atoms with Gasteiger partial charge in [-0.2, -0.15) is 17.6 Å². The van der Waals surface area contributed by atoms with Crippen molar-refractivity contribution >= 4 is 0 Å². The number of aryl methyl sites for hydroxylation is 2. The maximum absolute atomic E-state index is 13.0. The summed E-state index contributed by atoms with van der Waals surface area (Å²) < 4.78 is 51.9. The normalized spacial score (nSPS) is 15.1. The van der Waals surface area contributed by atoms with Crippen LogP contribution >= 0.6 is 0 Å². The van der Waals surface area contributed by atoms with Crippen molar-refractivity contribution < 1.29 is 50.3 Å². The molecule has 0 heterocycles. The van der Waals surface area contributed by atoms with E-state index in [1.165, 1.54) is 12.8 Å².